The van der Waals surface area contributed by atoms with Crippen LogP contribution < -0.4 is 0 Å². The lowest BCUT2D eigenvalue weighted by atomic mass is 9.97. The van der Waals surface area contributed by atoms with Gasteiger partial charge in [-0.15, -0.1) is 20.4 Å². The Labute approximate surface area is 100 Å². The van der Waals surface area contributed by atoms with E-state index in [1.165, 1.54) is 37.6 Å². The summed E-state index contributed by atoms with van der Waals surface area (Å²) < 4.78 is 0. The van der Waals surface area contributed by atoms with Gasteiger partial charge in [-0.1, -0.05) is 37.1 Å². The number of aromatic nitrogens is 4. The van der Waals surface area contributed by atoms with E-state index >= 15 is 0 Å². The minimum absolute atomic E-state index is 0.588. The van der Waals surface area contributed by atoms with Crippen LogP contribution in [0.3, 0.4) is 0 Å². The molecule has 3 rings (SSSR count). The van der Waals surface area contributed by atoms with Crippen LogP contribution >= 0.6 is 0 Å². The highest BCUT2D eigenvalue weighted by atomic mass is 15.3. The zero-order valence-electron chi connectivity index (χ0n) is 9.58. The lowest BCUT2D eigenvalue weighted by Crippen LogP contribution is -1.95. The van der Waals surface area contributed by atoms with Crippen molar-refractivity contribution in [1.29, 1.82) is 0 Å². The van der Waals surface area contributed by atoms with Crippen molar-refractivity contribution in [3.05, 3.63) is 36.2 Å². The fourth-order valence-electron chi connectivity index (χ4n) is 2.48. The lowest BCUT2D eigenvalue weighted by molar-refractivity contribution is 0.723. The molecule has 1 aromatic heterocycles. The highest BCUT2D eigenvalue weighted by Gasteiger charge is 2.16. The highest BCUT2D eigenvalue weighted by molar-refractivity contribution is 5.54. The first-order valence-electron chi connectivity index (χ1n) is 6.04. The number of benzene rings is 1. The molecule has 0 atom stereocenters. The van der Waals surface area contributed by atoms with Crippen LogP contribution in [0, 0.1) is 0 Å². The number of nitrogens with zero attached hydrogens (tertiary/aromatic N) is 4. The van der Waals surface area contributed by atoms with Crippen molar-refractivity contribution in [1.82, 2.24) is 20.4 Å². The van der Waals surface area contributed by atoms with Crippen LogP contribution in [0.1, 0.15) is 37.2 Å². The Morgan fingerprint density at radius 1 is 0.882 bits per heavy atom. The number of hydrogen-bond acceptors (Lipinski definition) is 4. The molecule has 4 heteroatoms. The molecule has 1 fully saturated rings. The lowest BCUT2D eigenvalue weighted by Gasteiger charge is -2.09. The third-order valence-corrected chi connectivity index (χ3v) is 3.40. The average molecular weight is 226 g/mol. The fraction of sp³-hybridized carbons (Fsp3) is 0.385. The zero-order valence-corrected chi connectivity index (χ0v) is 9.58. The van der Waals surface area contributed by atoms with E-state index in [2.05, 4.69) is 44.7 Å². The van der Waals surface area contributed by atoms with Gasteiger partial charge in [0, 0.05) is 5.56 Å². The second kappa shape index (κ2) is 4.57. The molecule has 0 amide bonds. The van der Waals surface area contributed by atoms with Gasteiger partial charge in [0.25, 0.3) is 0 Å². The fourth-order valence-corrected chi connectivity index (χ4v) is 2.48. The molecule has 1 aliphatic carbocycles. The van der Waals surface area contributed by atoms with Gasteiger partial charge in [0.15, 0.2) is 6.33 Å². The molecule has 4 nitrogen and oxygen atoms in total. The van der Waals surface area contributed by atoms with Crippen molar-refractivity contribution in [3.8, 4) is 11.4 Å². The summed E-state index contributed by atoms with van der Waals surface area (Å²) in [6, 6.07) is 8.49. The third-order valence-electron chi connectivity index (χ3n) is 3.40. The molecule has 0 bridgehead atoms. The molecule has 0 spiro atoms. The monoisotopic (exact) mass is 226 g/mol. The van der Waals surface area contributed by atoms with E-state index in [4.69, 9.17) is 0 Å². The Bertz CT molecular complexity index is 475. The van der Waals surface area contributed by atoms with Crippen LogP contribution in [0.4, 0.5) is 0 Å². The van der Waals surface area contributed by atoms with Gasteiger partial charge < -0.3 is 0 Å². The summed E-state index contributed by atoms with van der Waals surface area (Å²) in [4.78, 5) is 0. The molecular weight excluding hydrogens is 212 g/mol. The molecule has 0 N–H and O–H groups in total. The normalized spacial score (nSPS) is 16.2. The third kappa shape index (κ3) is 2.16. The van der Waals surface area contributed by atoms with Gasteiger partial charge in [-0.25, -0.2) is 0 Å². The first kappa shape index (κ1) is 10.3. The maximum absolute atomic E-state index is 3.95. The SMILES string of the molecule is c1nnc(-c2ccc(C3CCCC3)cc2)nn1. The van der Waals surface area contributed by atoms with Gasteiger partial charge in [0.05, 0.1) is 0 Å². The van der Waals surface area contributed by atoms with Crippen LogP contribution in [-0.4, -0.2) is 20.4 Å². The quantitative estimate of drug-likeness (QED) is 0.789. The Morgan fingerprint density at radius 2 is 1.53 bits per heavy atom. The van der Waals surface area contributed by atoms with Crippen LogP contribution in [0.15, 0.2) is 30.6 Å². The number of hydrogen-bond donors (Lipinski definition) is 0. The summed E-state index contributed by atoms with van der Waals surface area (Å²) in [7, 11) is 0. The predicted molar refractivity (Wildman–Crippen MR) is 64.3 cm³/mol. The maximum atomic E-state index is 3.95. The van der Waals surface area contributed by atoms with E-state index in [1.807, 2.05) is 0 Å². The highest BCUT2D eigenvalue weighted by Crippen LogP contribution is 2.34. The van der Waals surface area contributed by atoms with Gasteiger partial charge in [-0.2, -0.15) is 0 Å². The molecule has 0 aliphatic heterocycles. The molecule has 0 radical (unpaired) electrons. The minimum Gasteiger partial charge on any atom is -0.135 e. The molecular formula is C13H14N4. The molecule has 1 aliphatic rings. The number of rotatable bonds is 2. The largest absolute Gasteiger partial charge is 0.203 e. The second-order valence-electron chi connectivity index (χ2n) is 4.47. The van der Waals surface area contributed by atoms with Gasteiger partial charge in [-0.3, -0.25) is 0 Å². The first-order chi connectivity index (χ1) is 8.43. The zero-order chi connectivity index (χ0) is 11.5. The van der Waals surface area contributed by atoms with Crippen LogP contribution in [0.25, 0.3) is 11.4 Å². The van der Waals surface area contributed by atoms with Gasteiger partial charge in [0.1, 0.15) is 0 Å². The van der Waals surface area contributed by atoms with E-state index in [9.17, 15) is 0 Å². The molecule has 0 saturated heterocycles. The summed E-state index contributed by atoms with van der Waals surface area (Å²) >= 11 is 0. The molecule has 1 saturated carbocycles. The average Bonchev–Trinajstić information content (AvgIpc) is 2.94. The van der Waals surface area contributed by atoms with Gasteiger partial charge in [-0.05, 0) is 24.3 Å². The van der Waals surface area contributed by atoms with Crippen molar-refractivity contribution in [2.45, 2.75) is 31.6 Å². The topological polar surface area (TPSA) is 51.6 Å². The first-order valence-corrected chi connectivity index (χ1v) is 6.04. The molecule has 2 aromatic rings. The van der Waals surface area contributed by atoms with E-state index < -0.39 is 0 Å². The van der Waals surface area contributed by atoms with Crippen molar-refractivity contribution in [2.75, 3.05) is 0 Å². The second-order valence-corrected chi connectivity index (χ2v) is 4.47. The van der Waals surface area contributed by atoms with Crippen molar-refractivity contribution in [2.24, 2.45) is 0 Å². The van der Waals surface area contributed by atoms with E-state index in [0.717, 1.165) is 11.5 Å². The van der Waals surface area contributed by atoms with E-state index in [-0.39, 0.29) is 0 Å². The molecule has 1 heterocycles. The van der Waals surface area contributed by atoms with Crippen molar-refractivity contribution >= 4 is 0 Å². The Hall–Kier alpha value is -1.84. The Kier molecular flexibility index (Phi) is 2.78. The summed E-state index contributed by atoms with van der Waals surface area (Å²) in [5.41, 5.74) is 2.41. The summed E-state index contributed by atoms with van der Waals surface area (Å²) in [5, 5.41) is 15.4. The smallest absolute Gasteiger partial charge is 0.135 e. The molecule has 0 unspecified atom stereocenters. The Balaban J connectivity index is 1.85. The summed E-state index contributed by atoms with van der Waals surface area (Å²) in [6.07, 6.45) is 6.72. The van der Waals surface area contributed by atoms with Crippen LogP contribution in [0.2, 0.25) is 0 Å². The van der Waals surface area contributed by atoms with Crippen LogP contribution in [-0.2, 0) is 0 Å². The summed E-state index contributed by atoms with van der Waals surface area (Å²) in [5.74, 6) is 1.34. The molecule has 1 aromatic carbocycles. The van der Waals surface area contributed by atoms with Crippen molar-refractivity contribution in [3.63, 3.8) is 0 Å². The Morgan fingerprint density at radius 3 is 2.18 bits per heavy atom. The van der Waals surface area contributed by atoms with E-state index in [1.54, 1.807) is 0 Å². The maximum Gasteiger partial charge on any atom is 0.203 e. The van der Waals surface area contributed by atoms with E-state index in [0.29, 0.717) is 5.82 Å². The van der Waals surface area contributed by atoms with Crippen LogP contribution in [0.5, 0.6) is 0 Å². The molecule has 17 heavy (non-hydrogen) atoms. The standard InChI is InChI=1S/C13H14N4/c1-2-4-10(3-1)11-5-7-12(8-6-11)13-16-14-9-15-17-13/h5-10H,1-4H2. The predicted octanol–water partition coefficient (Wildman–Crippen LogP) is 2.59. The van der Waals surface area contributed by atoms with Gasteiger partial charge >= 0.3 is 0 Å². The van der Waals surface area contributed by atoms with Crippen molar-refractivity contribution < 1.29 is 0 Å². The summed E-state index contributed by atoms with van der Waals surface area (Å²) in [6.45, 7) is 0. The minimum atomic E-state index is 0.588. The van der Waals surface area contributed by atoms with Gasteiger partial charge in [0.2, 0.25) is 5.82 Å². The molecule has 86 valence electrons.